The van der Waals surface area contributed by atoms with Crippen molar-refractivity contribution >= 4 is 17.1 Å². The van der Waals surface area contributed by atoms with Gasteiger partial charge in [0.25, 0.3) is 0 Å². The summed E-state index contributed by atoms with van der Waals surface area (Å²) < 4.78 is 17.5. The van der Waals surface area contributed by atoms with Gasteiger partial charge in [0.1, 0.15) is 22.8 Å². The number of unbranched alkanes of at least 4 members (excludes halogenated alkanes) is 1. The Morgan fingerprint density at radius 3 is 2.52 bits per heavy atom. The van der Waals surface area contributed by atoms with Crippen molar-refractivity contribution in [2.75, 3.05) is 12.4 Å². The Balaban J connectivity index is 1.71. The maximum atomic E-state index is 12.0. The quantitative estimate of drug-likeness (QED) is 0.572. The molecule has 122 valence electrons. The van der Waals surface area contributed by atoms with E-state index in [-0.39, 0.29) is 11.3 Å². The maximum Gasteiger partial charge on any atom is 0.339 e. The van der Waals surface area contributed by atoms with Crippen LogP contribution in [0.25, 0.3) is 0 Å². The summed E-state index contributed by atoms with van der Waals surface area (Å²) in [5.74, 6) is -0.523. The standard InChI is InChI=1S/C17H18O5S/c18-16-12-13(8-9-15(16)17(19)20)22-10-4-5-11-23(21)14-6-2-1-3-7-14/h1-3,6-9,12,18H,4-5,10-11H2,(H,19,20). The van der Waals surface area contributed by atoms with Crippen LogP contribution in [0, 0.1) is 0 Å². The summed E-state index contributed by atoms with van der Waals surface area (Å²) in [5, 5.41) is 18.4. The minimum atomic E-state index is -1.18. The molecule has 0 heterocycles. The molecule has 0 aliphatic rings. The highest BCUT2D eigenvalue weighted by molar-refractivity contribution is 7.91. The van der Waals surface area contributed by atoms with Crippen molar-refractivity contribution in [2.45, 2.75) is 17.7 Å². The Morgan fingerprint density at radius 2 is 1.87 bits per heavy atom. The van der Waals surface area contributed by atoms with Gasteiger partial charge in [-0.1, -0.05) is 18.2 Å². The predicted molar refractivity (Wildman–Crippen MR) is 87.5 cm³/mol. The molecular formula is C17H18O5S. The molecule has 6 heteroatoms. The summed E-state index contributed by atoms with van der Waals surface area (Å²) in [7, 11) is 0. The molecule has 0 saturated heterocycles. The third-order valence-corrected chi connectivity index (χ3v) is 4.66. The van der Waals surface area contributed by atoms with Crippen LogP contribution in [0.5, 0.6) is 11.5 Å². The lowest BCUT2D eigenvalue weighted by Gasteiger charge is -2.11. The summed E-state index contributed by atoms with van der Waals surface area (Å²) in [6.07, 6.45) is 1.47. The van der Waals surface area contributed by atoms with E-state index in [0.29, 0.717) is 18.1 Å². The van der Waals surface area contributed by atoms with Gasteiger partial charge in [-0.2, -0.15) is 0 Å². The van der Waals surface area contributed by atoms with Crippen LogP contribution < -0.4 is 4.74 Å². The number of rotatable bonds is 8. The molecule has 0 aliphatic carbocycles. The molecule has 1 atom stereocenters. The van der Waals surface area contributed by atoms with Crippen molar-refractivity contribution in [1.82, 2.24) is 0 Å². The number of carbonyl (C=O) groups is 1. The second kappa shape index (κ2) is 8.45. The Hall–Kier alpha value is -2.18. The third-order valence-electron chi connectivity index (χ3n) is 3.20. The average Bonchev–Trinajstić information content (AvgIpc) is 2.55. The molecular weight excluding hydrogens is 316 g/mol. The fraction of sp³-hybridized carbons (Fsp3) is 0.235. The van der Waals surface area contributed by atoms with Crippen molar-refractivity contribution in [1.29, 1.82) is 0 Å². The third kappa shape index (κ3) is 5.19. The van der Waals surface area contributed by atoms with Crippen molar-refractivity contribution in [3.8, 4) is 11.5 Å². The van der Waals surface area contributed by atoms with Crippen LogP contribution in [-0.4, -0.2) is 33.1 Å². The number of ether oxygens (including phenoxy) is 1. The first-order chi connectivity index (χ1) is 11.1. The molecule has 2 N–H and O–H groups in total. The number of phenols is 1. The molecule has 2 rings (SSSR count). The zero-order chi connectivity index (χ0) is 16.7. The second-order valence-corrected chi connectivity index (χ2v) is 6.47. The van der Waals surface area contributed by atoms with Gasteiger partial charge in [0, 0.05) is 6.07 Å². The van der Waals surface area contributed by atoms with Crippen molar-refractivity contribution < 1.29 is 24.3 Å². The Kier molecular flexibility index (Phi) is 6.31. The molecule has 0 radical (unpaired) electrons. The first kappa shape index (κ1) is 17.2. The van der Waals surface area contributed by atoms with Gasteiger partial charge in [0.2, 0.25) is 0 Å². The molecule has 2 aromatic rings. The Morgan fingerprint density at radius 1 is 1.13 bits per heavy atom. The van der Waals surface area contributed by atoms with Crippen molar-refractivity contribution in [3.63, 3.8) is 0 Å². The molecule has 5 nitrogen and oxygen atoms in total. The second-order valence-electron chi connectivity index (χ2n) is 4.90. The zero-order valence-electron chi connectivity index (χ0n) is 12.5. The highest BCUT2D eigenvalue weighted by atomic mass is 32.2. The Labute approximate surface area is 137 Å². The summed E-state index contributed by atoms with van der Waals surface area (Å²) in [6, 6.07) is 13.4. The van der Waals surface area contributed by atoms with Gasteiger partial charge in [-0.25, -0.2) is 4.79 Å². The van der Waals surface area contributed by atoms with E-state index >= 15 is 0 Å². The van der Waals surface area contributed by atoms with Gasteiger partial charge in [0.05, 0.1) is 6.61 Å². The number of aromatic hydroxyl groups is 1. The van der Waals surface area contributed by atoms with Gasteiger partial charge in [-0.15, -0.1) is 0 Å². The fourth-order valence-corrected chi connectivity index (χ4v) is 3.16. The lowest BCUT2D eigenvalue weighted by molar-refractivity contribution is 0.0693. The number of hydrogen-bond acceptors (Lipinski definition) is 4. The lowest BCUT2D eigenvalue weighted by Crippen LogP contribution is -2.08. The van der Waals surface area contributed by atoms with Gasteiger partial charge in [-0.3, -0.25) is 0 Å². The number of carboxylic acid groups (broad SMARTS) is 1. The summed E-state index contributed by atoms with van der Waals surface area (Å²) in [5.41, 5.74) is -0.157. The van der Waals surface area contributed by atoms with Gasteiger partial charge in [-0.05, 0) is 48.3 Å². The molecule has 0 spiro atoms. The van der Waals surface area contributed by atoms with Crippen LogP contribution in [0.1, 0.15) is 23.2 Å². The number of hydrogen-bond donors (Lipinski definition) is 2. The molecule has 0 bridgehead atoms. The van der Waals surface area contributed by atoms with Crippen molar-refractivity contribution in [2.24, 2.45) is 0 Å². The number of carboxylic acids is 1. The van der Waals surface area contributed by atoms with Crippen LogP contribution in [0.4, 0.5) is 0 Å². The first-order valence-electron chi connectivity index (χ1n) is 7.20. The van der Waals surface area contributed by atoms with E-state index in [1.54, 1.807) is 0 Å². The summed E-state index contributed by atoms with van der Waals surface area (Å²) >= 11 is -1.00. The largest absolute Gasteiger partial charge is 0.611 e. The van der Waals surface area contributed by atoms with E-state index in [1.165, 1.54) is 18.2 Å². The highest BCUT2D eigenvalue weighted by Crippen LogP contribution is 2.23. The predicted octanol–water partition coefficient (Wildman–Crippen LogP) is 3.06. The molecule has 23 heavy (non-hydrogen) atoms. The minimum absolute atomic E-state index is 0.157. The molecule has 2 aromatic carbocycles. The average molecular weight is 334 g/mol. The van der Waals surface area contributed by atoms with Crippen LogP contribution in [-0.2, 0) is 11.2 Å². The maximum absolute atomic E-state index is 12.0. The van der Waals surface area contributed by atoms with Gasteiger partial charge < -0.3 is 19.5 Å². The Bertz CT molecular complexity index is 645. The molecule has 0 fully saturated rings. The highest BCUT2D eigenvalue weighted by Gasteiger charge is 2.11. The van der Waals surface area contributed by atoms with E-state index in [0.717, 1.165) is 17.7 Å². The fourth-order valence-electron chi connectivity index (χ4n) is 2.00. The van der Waals surface area contributed by atoms with E-state index < -0.39 is 17.1 Å². The van der Waals surface area contributed by atoms with Crippen molar-refractivity contribution in [3.05, 3.63) is 54.1 Å². The van der Waals surface area contributed by atoms with E-state index in [9.17, 15) is 14.5 Å². The number of benzene rings is 2. The van der Waals surface area contributed by atoms with Crippen LogP contribution >= 0.6 is 0 Å². The lowest BCUT2D eigenvalue weighted by atomic mass is 10.2. The van der Waals surface area contributed by atoms with E-state index in [1.807, 2.05) is 30.3 Å². The van der Waals surface area contributed by atoms with Crippen LogP contribution in [0.3, 0.4) is 0 Å². The topological polar surface area (TPSA) is 89.8 Å². The molecule has 0 aliphatic heterocycles. The molecule has 0 amide bonds. The molecule has 1 unspecified atom stereocenters. The summed E-state index contributed by atoms with van der Waals surface area (Å²) in [4.78, 5) is 11.6. The SMILES string of the molecule is O=C(O)c1ccc(OCCCC[S+]([O-])c2ccccc2)cc1O. The zero-order valence-corrected chi connectivity index (χ0v) is 13.3. The smallest absolute Gasteiger partial charge is 0.339 e. The monoisotopic (exact) mass is 334 g/mol. The molecule has 0 saturated carbocycles. The van der Waals surface area contributed by atoms with Crippen LogP contribution in [0.2, 0.25) is 0 Å². The van der Waals surface area contributed by atoms with Gasteiger partial charge in [0.15, 0.2) is 4.90 Å². The minimum Gasteiger partial charge on any atom is -0.611 e. The van der Waals surface area contributed by atoms with Crippen LogP contribution in [0.15, 0.2) is 53.4 Å². The van der Waals surface area contributed by atoms with E-state index in [4.69, 9.17) is 9.84 Å². The van der Waals surface area contributed by atoms with E-state index in [2.05, 4.69) is 0 Å². The summed E-state index contributed by atoms with van der Waals surface area (Å²) in [6.45, 7) is 0.415. The number of aromatic carboxylic acids is 1. The first-order valence-corrected chi connectivity index (χ1v) is 8.52. The normalized spacial score (nSPS) is 11.9. The van der Waals surface area contributed by atoms with Gasteiger partial charge >= 0.3 is 5.97 Å². The molecule has 0 aromatic heterocycles.